The van der Waals surface area contributed by atoms with Crippen LogP contribution in [0.3, 0.4) is 0 Å². The lowest BCUT2D eigenvalue weighted by Gasteiger charge is -2.29. The highest BCUT2D eigenvalue weighted by Gasteiger charge is 2.25. The number of piperidine rings is 1. The number of benzene rings is 3. The van der Waals surface area contributed by atoms with Gasteiger partial charge >= 0.3 is 5.97 Å². The summed E-state index contributed by atoms with van der Waals surface area (Å²) in [5, 5.41) is 24.9. The number of nitrogens with zero attached hydrogens (tertiary/aromatic N) is 3. The minimum absolute atomic E-state index is 0.0527. The first-order chi connectivity index (χ1) is 23.2. The SMILES string of the molecule is C/C(=C\c1nn(C2CCCCC2)c(-c2ccc(OCc3cc(C(=O)N4CCC(O)CC4)ccc3-c3ccc(Cl)cc3)cc2)c1Br)C(=O)O. The summed E-state index contributed by atoms with van der Waals surface area (Å²) in [6, 6.07) is 21.4. The number of carboxylic acid groups (broad SMARTS) is 1. The summed E-state index contributed by atoms with van der Waals surface area (Å²) in [5.41, 5.74) is 6.05. The largest absolute Gasteiger partial charge is 0.489 e. The standard InChI is InChI=1S/C38H39BrClN3O5/c1-24(38(46)47)21-34-35(39)36(43(41-34)30-5-3-2-4-6-30)26-9-14-32(15-10-26)48-23-28-22-27(37(45)42-19-17-31(44)18-20-42)11-16-33(28)25-7-12-29(40)13-8-25/h7-16,21-22,30-31,44H,2-6,17-20,23H2,1H3,(H,46,47)/b24-21+. The lowest BCUT2D eigenvalue weighted by atomic mass is 9.95. The fourth-order valence-electron chi connectivity index (χ4n) is 6.52. The van der Waals surface area contributed by atoms with Gasteiger partial charge in [0.1, 0.15) is 18.1 Å². The normalized spacial score (nSPS) is 16.2. The zero-order valence-corrected chi connectivity index (χ0v) is 29.2. The Balaban J connectivity index is 1.27. The van der Waals surface area contributed by atoms with Crippen LogP contribution in [0.15, 0.2) is 76.8 Å². The molecule has 2 heterocycles. The van der Waals surface area contributed by atoms with Gasteiger partial charge in [0, 0.05) is 34.8 Å². The van der Waals surface area contributed by atoms with Gasteiger partial charge in [-0.05, 0) is 120 Å². The minimum atomic E-state index is -0.974. The topological polar surface area (TPSA) is 105 Å². The number of amides is 1. The average Bonchev–Trinajstić information content (AvgIpc) is 3.43. The molecule has 1 aliphatic heterocycles. The number of halogens is 2. The summed E-state index contributed by atoms with van der Waals surface area (Å²) < 4.78 is 9.15. The molecule has 0 unspecified atom stereocenters. The molecule has 2 fully saturated rings. The van der Waals surface area contributed by atoms with Gasteiger partial charge in [-0.1, -0.05) is 49.1 Å². The van der Waals surface area contributed by atoms with Crippen LogP contribution in [0.1, 0.15) is 79.5 Å². The average molecular weight is 733 g/mol. The quantitative estimate of drug-likeness (QED) is 0.167. The number of aliphatic carboxylic acids is 1. The van der Waals surface area contributed by atoms with Crippen LogP contribution in [0, 0.1) is 0 Å². The number of ether oxygens (including phenoxy) is 1. The molecule has 0 bridgehead atoms. The van der Waals surface area contributed by atoms with E-state index in [1.807, 2.05) is 66.7 Å². The van der Waals surface area contributed by atoms with Crippen LogP contribution in [0.25, 0.3) is 28.5 Å². The fraction of sp³-hybridized carbons (Fsp3) is 0.342. The molecule has 10 heteroatoms. The molecule has 6 rings (SSSR count). The van der Waals surface area contributed by atoms with Gasteiger partial charge in [-0.15, -0.1) is 0 Å². The van der Waals surface area contributed by atoms with Gasteiger partial charge in [0.05, 0.1) is 22.3 Å². The molecule has 48 heavy (non-hydrogen) atoms. The number of carboxylic acids is 1. The Morgan fingerprint density at radius 2 is 1.62 bits per heavy atom. The first-order valence-electron chi connectivity index (χ1n) is 16.5. The Hall–Kier alpha value is -3.92. The van der Waals surface area contributed by atoms with Gasteiger partial charge in [-0.2, -0.15) is 5.10 Å². The zero-order chi connectivity index (χ0) is 33.8. The van der Waals surface area contributed by atoms with Crippen molar-refractivity contribution in [2.75, 3.05) is 13.1 Å². The predicted octanol–water partition coefficient (Wildman–Crippen LogP) is 8.80. The van der Waals surface area contributed by atoms with Crippen molar-refractivity contribution in [3.8, 4) is 28.1 Å². The number of hydrogen-bond acceptors (Lipinski definition) is 5. The lowest BCUT2D eigenvalue weighted by Crippen LogP contribution is -2.40. The third-order valence-corrected chi connectivity index (χ3v) is 10.3. The van der Waals surface area contributed by atoms with E-state index in [-0.39, 0.29) is 30.2 Å². The van der Waals surface area contributed by atoms with Gasteiger partial charge in [-0.25, -0.2) is 4.79 Å². The first-order valence-corrected chi connectivity index (χ1v) is 17.6. The number of rotatable bonds is 9. The van der Waals surface area contributed by atoms with Crippen molar-refractivity contribution in [2.24, 2.45) is 0 Å². The number of aromatic nitrogens is 2. The van der Waals surface area contributed by atoms with Crippen molar-refractivity contribution in [1.82, 2.24) is 14.7 Å². The van der Waals surface area contributed by atoms with E-state index >= 15 is 0 Å². The number of aliphatic hydroxyl groups is 1. The fourth-order valence-corrected chi connectivity index (χ4v) is 7.25. The molecule has 1 aromatic heterocycles. The molecule has 0 radical (unpaired) electrons. The molecule has 1 aliphatic carbocycles. The van der Waals surface area contributed by atoms with E-state index in [1.165, 1.54) is 6.42 Å². The first kappa shape index (κ1) is 34.0. The molecular weight excluding hydrogens is 694 g/mol. The highest BCUT2D eigenvalue weighted by atomic mass is 79.9. The van der Waals surface area contributed by atoms with E-state index in [1.54, 1.807) is 17.9 Å². The molecule has 1 saturated carbocycles. The van der Waals surface area contributed by atoms with Gasteiger partial charge in [0.2, 0.25) is 0 Å². The Bertz CT molecular complexity index is 1810. The third-order valence-electron chi connectivity index (χ3n) is 9.27. The summed E-state index contributed by atoms with van der Waals surface area (Å²) in [5.74, 6) is -0.357. The zero-order valence-electron chi connectivity index (χ0n) is 26.9. The summed E-state index contributed by atoms with van der Waals surface area (Å²) in [6.07, 6.45) is 7.96. The summed E-state index contributed by atoms with van der Waals surface area (Å²) in [6.45, 7) is 2.88. The molecule has 1 saturated heterocycles. The van der Waals surface area contributed by atoms with E-state index in [2.05, 4.69) is 20.6 Å². The lowest BCUT2D eigenvalue weighted by molar-refractivity contribution is -0.132. The molecule has 1 amide bonds. The van der Waals surface area contributed by atoms with Gasteiger partial charge in [-0.3, -0.25) is 9.48 Å². The van der Waals surface area contributed by atoms with Crippen LogP contribution < -0.4 is 4.74 Å². The molecule has 4 aromatic rings. The maximum absolute atomic E-state index is 13.4. The van der Waals surface area contributed by atoms with E-state index in [4.69, 9.17) is 21.4 Å². The maximum atomic E-state index is 13.4. The Kier molecular flexibility index (Phi) is 10.7. The van der Waals surface area contributed by atoms with Crippen LogP contribution >= 0.6 is 27.5 Å². The summed E-state index contributed by atoms with van der Waals surface area (Å²) >= 11 is 9.92. The van der Waals surface area contributed by atoms with Crippen LogP contribution in [0.5, 0.6) is 5.75 Å². The number of hydrogen-bond donors (Lipinski definition) is 2. The predicted molar refractivity (Wildman–Crippen MR) is 191 cm³/mol. The maximum Gasteiger partial charge on any atom is 0.331 e. The monoisotopic (exact) mass is 731 g/mol. The molecular formula is C38H39BrClN3O5. The summed E-state index contributed by atoms with van der Waals surface area (Å²) in [7, 11) is 0. The molecule has 2 aliphatic rings. The van der Waals surface area contributed by atoms with Gasteiger partial charge in [0.25, 0.3) is 5.91 Å². The van der Waals surface area contributed by atoms with Crippen molar-refractivity contribution in [3.05, 3.63) is 98.6 Å². The van der Waals surface area contributed by atoms with Crippen molar-refractivity contribution in [3.63, 3.8) is 0 Å². The molecule has 8 nitrogen and oxygen atoms in total. The van der Waals surface area contributed by atoms with Crippen molar-refractivity contribution < 1.29 is 24.5 Å². The molecule has 3 aromatic carbocycles. The minimum Gasteiger partial charge on any atom is -0.489 e. The molecule has 2 N–H and O–H groups in total. The van der Waals surface area contributed by atoms with Crippen LogP contribution in [-0.2, 0) is 11.4 Å². The molecule has 0 spiro atoms. The molecule has 250 valence electrons. The number of carbonyl (C=O) groups excluding carboxylic acids is 1. The van der Waals surface area contributed by atoms with E-state index in [0.717, 1.165) is 58.1 Å². The van der Waals surface area contributed by atoms with Crippen LogP contribution in [-0.4, -0.2) is 56.0 Å². The smallest absolute Gasteiger partial charge is 0.331 e. The van der Waals surface area contributed by atoms with Crippen molar-refractivity contribution in [1.29, 1.82) is 0 Å². The van der Waals surface area contributed by atoms with Crippen LogP contribution in [0.2, 0.25) is 5.02 Å². The number of carbonyl (C=O) groups is 2. The van der Waals surface area contributed by atoms with E-state index < -0.39 is 5.97 Å². The molecule has 0 atom stereocenters. The Labute approximate surface area is 294 Å². The van der Waals surface area contributed by atoms with Crippen molar-refractivity contribution in [2.45, 2.75) is 70.6 Å². The second kappa shape index (κ2) is 15.1. The second-order valence-corrected chi connectivity index (χ2v) is 13.9. The highest BCUT2D eigenvalue weighted by Crippen LogP contribution is 2.39. The summed E-state index contributed by atoms with van der Waals surface area (Å²) in [4.78, 5) is 26.8. The highest BCUT2D eigenvalue weighted by molar-refractivity contribution is 9.10. The van der Waals surface area contributed by atoms with E-state index in [0.29, 0.717) is 48.0 Å². The number of aliphatic hydroxyl groups excluding tert-OH is 1. The van der Waals surface area contributed by atoms with Crippen LogP contribution in [0.4, 0.5) is 0 Å². The van der Waals surface area contributed by atoms with Gasteiger partial charge < -0.3 is 19.8 Å². The third kappa shape index (κ3) is 7.69. The van der Waals surface area contributed by atoms with Gasteiger partial charge in [0.15, 0.2) is 0 Å². The van der Waals surface area contributed by atoms with Crippen molar-refractivity contribution >= 4 is 45.5 Å². The van der Waals surface area contributed by atoms with E-state index in [9.17, 15) is 19.8 Å². The Morgan fingerprint density at radius 3 is 2.29 bits per heavy atom. The number of likely N-dealkylation sites (tertiary alicyclic amines) is 1. The Morgan fingerprint density at radius 1 is 0.958 bits per heavy atom. The second-order valence-electron chi connectivity index (χ2n) is 12.6.